The van der Waals surface area contributed by atoms with Gasteiger partial charge >= 0.3 is 0 Å². The van der Waals surface area contributed by atoms with Gasteiger partial charge in [0.2, 0.25) is 0 Å². The summed E-state index contributed by atoms with van der Waals surface area (Å²) in [6, 6.07) is 0. The normalized spacial score (nSPS) is 21.4. The highest BCUT2D eigenvalue weighted by atomic mass is 16.5. The lowest BCUT2D eigenvalue weighted by atomic mass is 9.90. The topological polar surface area (TPSA) is 55.5 Å². The van der Waals surface area contributed by atoms with Crippen LogP contribution in [0.3, 0.4) is 0 Å². The summed E-state index contributed by atoms with van der Waals surface area (Å²) in [5.74, 6) is 0.802. The molecule has 0 spiro atoms. The third kappa shape index (κ3) is 7.02. The van der Waals surface area contributed by atoms with Crippen molar-refractivity contribution >= 4 is 0 Å². The monoisotopic (exact) mass is 243 g/mol. The van der Waals surface area contributed by atoms with Crippen LogP contribution in [-0.2, 0) is 4.74 Å². The molecule has 17 heavy (non-hydrogen) atoms. The molecule has 0 aromatic rings. The van der Waals surface area contributed by atoms with Crippen molar-refractivity contribution in [3.63, 3.8) is 0 Å². The van der Waals surface area contributed by atoms with E-state index in [0.717, 1.165) is 38.4 Å². The minimum atomic E-state index is -0.691. The minimum absolute atomic E-state index is 0.343. The van der Waals surface area contributed by atoms with Crippen LogP contribution >= 0.6 is 0 Å². The summed E-state index contributed by atoms with van der Waals surface area (Å²) >= 11 is 0. The Balaban J connectivity index is 1.90. The number of unbranched alkanes of at least 4 members (excludes halogenated alkanes) is 1. The third-order valence-corrected chi connectivity index (χ3v) is 3.77. The van der Waals surface area contributed by atoms with E-state index in [0.29, 0.717) is 6.54 Å². The molecule has 3 heteroatoms. The van der Waals surface area contributed by atoms with Gasteiger partial charge in [0.05, 0.1) is 5.60 Å². The summed E-state index contributed by atoms with van der Waals surface area (Å²) in [5, 5.41) is 9.72. The molecule has 0 amide bonds. The van der Waals surface area contributed by atoms with Gasteiger partial charge in [0.1, 0.15) is 0 Å². The Morgan fingerprint density at radius 3 is 2.59 bits per heavy atom. The Bertz CT molecular complexity index is 189. The third-order valence-electron chi connectivity index (χ3n) is 3.77. The summed E-state index contributed by atoms with van der Waals surface area (Å²) < 4.78 is 5.71. The fourth-order valence-electron chi connectivity index (χ4n) is 2.42. The van der Waals surface area contributed by atoms with E-state index in [2.05, 4.69) is 0 Å². The van der Waals surface area contributed by atoms with Crippen molar-refractivity contribution in [2.75, 3.05) is 19.8 Å². The molecule has 0 bridgehead atoms. The largest absolute Gasteiger partial charge is 0.389 e. The van der Waals surface area contributed by atoms with Crippen molar-refractivity contribution in [1.82, 2.24) is 0 Å². The Morgan fingerprint density at radius 2 is 1.94 bits per heavy atom. The van der Waals surface area contributed by atoms with E-state index in [1.54, 1.807) is 6.92 Å². The zero-order chi connectivity index (χ0) is 12.6. The molecule has 0 radical (unpaired) electrons. The number of hydrogen-bond acceptors (Lipinski definition) is 3. The predicted molar refractivity (Wildman–Crippen MR) is 70.9 cm³/mol. The average molecular weight is 243 g/mol. The molecule has 1 aliphatic carbocycles. The smallest absolute Gasteiger partial charge is 0.0741 e. The first-order valence-corrected chi connectivity index (χ1v) is 7.14. The molecule has 0 saturated heterocycles. The first-order chi connectivity index (χ1) is 8.14. The van der Waals surface area contributed by atoms with E-state index in [9.17, 15) is 5.11 Å². The second-order valence-corrected chi connectivity index (χ2v) is 5.74. The van der Waals surface area contributed by atoms with Gasteiger partial charge in [-0.1, -0.05) is 19.3 Å². The van der Waals surface area contributed by atoms with Crippen LogP contribution < -0.4 is 5.73 Å². The highest BCUT2D eigenvalue weighted by molar-refractivity contribution is 4.72. The van der Waals surface area contributed by atoms with Gasteiger partial charge in [-0.2, -0.15) is 0 Å². The second kappa shape index (κ2) is 8.06. The van der Waals surface area contributed by atoms with Gasteiger partial charge in [-0.25, -0.2) is 0 Å². The number of nitrogens with two attached hydrogens (primary N) is 1. The number of rotatable bonds is 8. The Morgan fingerprint density at radius 1 is 1.24 bits per heavy atom. The van der Waals surface area contributed by atoms with Crippen molar-refractivity contribution < 1.29 is 9.84 Å². The average Bonchev–Trinajstić information content (AvgIpc) is 2.35. The van der Waals surface area contributed by atoms with Crippen LogP contribution in [0.25, 0.3) is 0 Å². The summed E-state index contributed by atoms with van der Waals surface area (Å²) in [4.78, 5) is 0. The Kier molecular flexibility index (Phi) is 7.09. The van der Waals surface area contributed by atoms with Crippen LogP contribution in [0.1, 0.15) is 58.3 Å². The lowest BCUT2D eigenvalue weighted by Crippen LogP contribution is -2.33. The van der Waals surface area contributed by atoms with Crippen LogP contribution in [0.5, 0.6) is 0 Å². The molecule has 0 aromatic carbocycles. The van der Waals surface area contributed by atoms with Gasteiger partial charge in [-0.05, 0) is 44.9 Å². The van der Waals surface area contributed by atoms with E-state index in [-0.39, 0.29) is 0 Å². The zero-order valence-electron chi connectivity index (χ0n) is 11.3. The van der Waals surface area contributed by atoms with E-state index in [4.69, 9.17) is 10.5 Å². The van der Waals surface area contributed by atoms with Gasteiger partial charge < -0.3 is 15.6 Å². The maximum Gasteiger partial charge on any atom is 0.0741 e. The molecule has 1 atom stereocenters. The maximum absolute atomic E-state index is 9.72. The summed E-state index contributed by atoms with van der Waals surface area (Å²) in [7, 11) is 0. The van der Waals surface area contributed by atoms with Crippen LogP contribution in [0.15, 0.2) is 0 Å². The van der Waals surface area contributed by atoms with Gasteiger partial charge in [0.25, 0.3) is 0 Å². The summed E-state index contributed by atoms with van der Waals surface area (Å²) in [6.07, 6.45) is 9.67. The van der Waals surface area contributed by atoms with E-state index >= 15 is 0 Å². The van der Waals surface area contributed by atoms with Crippen LogP contribution in [0.4, 0.5) is 0 Å². The number of aliphatic hydroxyl groups is 1. The molecular formula is C14H29NO2. The van der Waals surface area contributed by atoms with Crippen molar-refractivity contribution in [1.29, 1.82) is 0 Å². The Hall–Kier alpha value is -0.120. The Labute approximate surface area is 106 Å². The highest BCUT2D eigenvalue weighted by Crippen LogP contribution is 2.23. The lowest BCUT2D eigenvalue weighted by Gasteiger charge is -2.22. The van der Waals surface area contributed by atoms with E-state index in [1.165, 1.54) is 32.1 Å². The van der Waals surface area contributed by atoms with Crippen LogP contribution in [0.2, 0.25) is 0 Å². The highest BCUT2D eigenvalue weighted by Gasteiger charge is 2.17. The molecule has 102 valence electrons. The fraction of sp³-hybridized carbons (Fsp3) is 1.00. The minimum Gasteiger partial charge on any atom is -0.389 e. The van der Waals surface area contributed by atoms with E-state index < -0.39 is 5.60 Å². The zero-order valence-corrected chi connectivity index (χ0v) is 11.3. The molecule has 1 saturated carbocycles. The lowest BCUT2D eigenvalue weighted by molar-refractivity contribution is 0.0486. The maximum atomic E-state index is 9.72. The molecule has 0 aromatic heterocycles. The van der Waals surface area contributed by atoms with Crippen molar-refractivity contribution in [3.05, 3.63) is 0 Å². The van der Waals surface area contributed by atoms with Crippen LogP contribution in [-0.4, -0.2) is 30.5 Å². The molecule has 0 aliphatic heterocycles. The van der Waals surface area contributed by atoms with Crippen molar-refractivity contribution in [2.45, 2.75) is 63.9 Å². The molecule has 1 unspecified atom stereocenters. The first-order valence-electron chi connectivity index (χ1n) is 7.14. The quantitative estimate of drug-likeness (QED) is 0.644. The SMILES string of the molecule is CC(O)(CN)CCCCOCC1CCCCC1. The van der Waals surface area contributed by atoms with Crippen molar-refractivity contribution in [3.8, 4) is 0 Å². The molecule has 1 rings (SSSR count). The van der Waals surface area contributed by atoms with Crippen LogP contribution in [0, 0.1) is 5.92 Å². The summed E-state index contributed by atoms with van der Waals surface area (Å²) in [5.41, 5.74) is 4.77. The first kappa shape index (κ1) is 14.9. The van der Waals surface area contributed by atoms with Crippen molar-refractivity contribution in [2.24, 2.45) is 11.7 Å². The van der Waals surface area contributed by atoms with Gasteiger partial charge in [0.15, 0.2) is 0 Å². The number of ether oxygens (including phenoxy) is 1. The number of hydrogen-bond donors (Lipinski definition) is 2. The molecule has 3 N–H and O–H groups in total. The molecule has 1 fully saturated rings. The molecule has 0 heterocycles. The van der Waals surface area contributed by atoms with Gasteiger partial charge in [-0.3, -0.25) is 0 Å². The predicted octanol–water partition coefficient (Wildman–Crippen LogP) is 2.46. The summed E-state index contributed by atoms with van der Waals surface area (Å²) in [6.45, 7) is 3.91. The standard InChI is InChI=1S/C14H29NO2/c1-14(16,12-15)9-5-6-10-17-11-13-7-3-2-4-8-13/h13,16H,2-12,15H2,1H3. The molecule has 1 aliphatic rings. The molecule has 3 nitrogen and oxygen atoms in total. The van der Waals surface area contributed by atoms with E-state index in [1.807, 2.05) is 0 Å². The van der Waals surface area contributed by atoms with Gasteiger partial charge in [0, 0.05) is 19.8 Å². The molecular weight excluding hydrogens is 214 g/mol. The van der Waals surface area contributed by atoms with Gasteiger partial charge in [-0.15, -0.1) is 0 Å². The fourth-order valence-corrected chi connectivity index (χ4v) is 2.42. The second-order valence-electron chi connectivity index (χ2n) is 5.74.